The lowest BCUT2D eigenvalue weighted by Gasteiger charge is -1.89. The lowest BCUT2D eigenvalue weighted by molar-refractivity contribution is -0.117. The minimum atomic E-state index is -0.359. The first kappa shape index (κ1) is 10.2. The van der Waals surface area contributed by atoms with Crippen molar-refractivity contribution >= 4 is 5.91 Å². The van der Waals surface area contributed by atoms with Gasteiger partial charge in [0.15, 0.2) is 0 Å². The number of amides is 1. The molecule has 0 bridgehead atoms. The number of hydrogen-bond donors (Lipinski definition) is 2. The third-order valence-corrected chi connectivity index (χ3v) is 0.439. The Morgan fingerprint density at radius 2 is 2.38 bits per heavy atom. The largest absolute Gasteiger partial charge is 0.412 e. The summed E-state index contributed by atoms with van der Waals surface area (Å²) in [5.74, 6) is -0.359. The summed E-state index contributed by atoms with van der Waals surface area (Å²) in [5, 5.41) is 10.1. The van der Waals surface area contributed by atoms with E-state index in [1.165, 1.54) is 0 Å². The van der Waals surface area contributed by atoms with Crippen molar-refractivity contribution in [3.8, 4) is 0 Å². The van der Waals surface area contributed by atoms with Crippen LogP contribution in [0.5, 0.6) is 0 Å². The van der Waals surface area contributed by atoms with Crippen molar-refractivity contribution in [1.82, 2.24) is 5.32 Å². The van der Waals surface area contributed by atoms with Crippen LogP contribution >= 0.6 is 0 Å². The molecule has 0 aliphatic heterocycles. The van der Waals surface area contributed by atoms with Gasteiger partial charge in [-0.25, -0.2) is 0 Å². The maximum absolute atomic E-state index is 10.0. The lowest BCUT2D eigenvalue weighted by atomic mass is 10.6. The first-order valence-electron chi connectivity index (χ1n) is 1.82. The number of nitrogens with one attached hydrogen (secondary N) is 1. The number of aliphatic hydroxyl groups excluding tert-OH is 1. The third-order valence-electron chi connectivity index (χ3n) is 0.439. The van der Waals surface area contributed by atoms with Gasteiger partial charge in [-0.15, -0.1) is 0 Å². The summed E-state index contributed by atoms with van der Waals surface area (Å²) in [5.41, 5.74) is 0. The fourth-order valence-electron chi connectivity index (χ4n) is 0.150. The second-order valence-electron chi connectivity index (χ2n) is 0.903. The molecule has 0 spiro atoms. The summed E-state index contributed by atoms with van der Waals surface area (Å²) in [4.78, 5) is 10.0. The molecule has 0 aromatic carbocycles. The highest BCUT2D eigenvalue weighted by Crippen LogP contribution is 1.59. The maximum Gasteiger partial charge on any atom is 0.245 e. The molecule has 4 nitrogen and oxygen atoms in total. The summed E-state index contributed by atoms with van der Waals surface area (Å²) in [6.45, 7) is 2.83. The van der Waals surface area contributed by atoms with Crippen molar-refractivity contribution in [3.63, 3.8) is 0 Å². The highest BCUT2D eigenvalue weighted by Gasteiger charge is 1.84. The Labute approximate surface area is 47.1 Å². The van der Waals surface area contributed by atoms with Crippen LogP contribution in [0.25, 0.3) is 0 Å². The summed E-state index contributed by atoms with van der Waals surface area (Å²) in [6, 6.07) is 0. The molecule has 0 fully saturated rings. The zero-order valence-corrected chi connectivity index (χ0v) is 4.35. The van der Waals surface area contributed by atoms with E-state index < -0.39 is 0 Å². The van der Waals surface area contributed by atoms with E-state index in [-0.39, 0.29) is 18.1 Å². The number of carbonyl (C=O) groups is 1. The Hall–Kier alpha value is -0.870. The first-order chi connectivity index (χ1) is 3.31. The molecule has 4 N–H and O–H groups in total. The molecule has 4 heteroatoms. The lowest BCUT2D eigenvalue weighted by Crippen LogP contribution is -2.20. The number of hydrogen-bond acceptors (Lipinski definition) is 2. The Morgan fingerprint density at radius 1 is 1.88 bits per heavy atom. The zero-order valence-electron chi connectivity index (χ0n) is 4.35. The van der Waals surface area contributed by atoms with Gasteiger partial charge in [-0.1, -0.05) is 6.58 Å². The molecule has 48 valence electrons. The number of rotatable bonds is 2. The van der Waals surface area contributed by atoms with Crippen molar-refractivity contribution in [1.29, 1.82) is 0 Å². The van der Waals surface area contributed by atoms with Gasteiger partial charge in [0.1, 0.15) is 6.73 Å². The van der Waals surface area contributed by atoms with Crippen LogP contribution in [0.4, 0.5) is 0 Å². The molecule has 8 heavy (non-hydrogen) atoms. The maximum atomic E-state index is 10.0. The molecule has 0 rings (SSSR count). The van der Waals surface area contributed by atoms with E-state index in [1.807, 2.05) is 0 Å². The Balaban J connectivity index is 0. The van der Waals surface area contributed by atoms with Crippen molar-refractivity contribution in [2.75, 3.05) is 6.73 Å². The molecule has 0 saturated heterocycles. The molecule has 0 radical (unpaired) electrons. The van der Waals surface area contributed by atoms with Crippen LogP contribution in [0.3, 0.4) is 0 Å². The molecule has 0 aromatic heterocycles. The smallest absolute Gasteiger partial charge is 0.245 e. The molecule has 0 aliphatic carbocycles. The molecule has 0 aromatic rings. The van der Waals surface area contributed by atoms with E-state index in [1.54, 1.807) is 0 Å². The highest BCUT2D eigenvalue weighted by atomic mass is 16.3. The van der Waals surface area contributed by atoms with Gasteiger partial charge in [-0.3, -0.25) is 4.79 Å². The van der Waals surface area contributed by atoms with Gasteiger partial charge in [0.2, 0.25) is 5.91 Å². The molecule has 1 amide bonds. The standard InChI is InChI=1S/C4H7NO2.H2O/c1-2-4(7)5-3-6;/h2,6H,1,3H2,(H,5,7);1H2. The van der Waals surface area contributed by atoms with Gasteiger partial charge in [0.05, 0.1) is 0 Å². The second kappa shape index (κ2) is 6.13. The second-order valence-corrected chi connectivity index (χ2v) is 0.903. The van der Waals surface area contributed by atoms with Crippen LogP contribution in [0.15, 0.2) is 12.7 Å². The van der Waals surface area contributed by atoms with Gasteiger partial charge in [0, 0.05) is 0 Å². The van der Waals surface area contributed by atoms with E-state index in [4.69, 9.17) is 5.11 Å². The average molecular weight is 119 g/mol. The number of aliphatic hydroxyl groups is 1. The molecule has 0 aliphatic rings. The average Bonchev–Trinajstić information content (AvgIpc) is 1.68. The Morgan fingerprint density at radius 3 is 2.50 bits per heavy atom. The van der Waals surface area contributed by atoms with Crippen molar-refractivity contribution < 1.29 is 15.4 Å². The van der Waals surface area contributed by atoms with Crippen LogP contribution in [0, 0.1) is 0 Å². The van der Waals surface area contributed by atoms with E-state index in [0.29, 0.717) is 0 Å². The van der Waals surface area contributed by atoms with E-state index in [0.717, 1.165) is 6.08 Å². The summed E-state index contributed by atoms with van der Waals surface area (Å²) in [6.07, 6.45) is 1.09. The minimum Gasteiger partial charge on any atom is -0.412 e. The predicted molar refractivity (Wildman–Crippen MR) is 29.0 cm³/mol. The van der Waals surface area contributed by atoms with Gasteiger partial charge >= 0.3 is 0 Å². The molecule has 0 atom stereocenters. The number of carbonyl (C=O) groups excluding carboxylic acids is 1. The van der Waals surface area contributed by atoms with Crippen LogP contribution in [-0.2, 0) is 4.79 Å². The molecular formula is C4H9NO3. The molecule has 0 heterocycles. The van der Waals surface area contributed by atoms with Crippen LogP contribution < -0.4 is 5.32 Å². The van der Waals surface area contributed by atoms with Gasteiger partial charge in [0.25, 0.3) is 0 Å². The Kier molecular flexibility index (Phi) is 7.80. The summed E-state index contributed by atoms with van der Waals surface area (Å²) >= 11 is 0. The van der Waals surface area contributed by atoms with Crippen molar-refractivity contribution in [2.45, 2.75) is 0 Å². The first-order valence-corrected chi connectivity index (χ1v) is 1.82. The summed E-state index contributed by atoms with van der Waals surface area (Å²) in [7, 11) is 0. The molecule has 0 saturated carbocycles. The van der Waals surface area contributed by atoms with E-state index in [2.05, 4.69) is 11.9 Å². The quantitative estimate of drug-likeness (QED) is 0.339. The third kappa shape index (κ3) is 5.13. The fourth-order valence-corrected chi connectivity index (χ4v) is 0.150. The highest BCUT2D eigenvalue weighted by molar-refractivity contribution is 5.86. The van der Waals surface area contributed by atoms with Crippen molar-refractivity contribution in [3.05, 3.63) is 12.7 Å². The topological polar surface area (TPSA) is 80.8 Å². The van der Waals surface area contributed by atoms with E-state index in [9.17, 15) is 4.79 Å². The fraction of sp³-hybridized carbons (Fsp3) is 0.250. The predicted octanol–water partition coefficient (Wildman–Crippen LogP) is -1.59. The normalized spacial score (nSPS) is 6.62. The van der Waals surface area contributed by atoms with Gasteiger partial charge in [-0.05, 0) is 6.08 Å². The minimum absolute atomic E-state index is 0. The van der Waals surface area contributed by atoms with Crippen LogP contribution in [0.1, 0.15) is 0 Å². The van der Waals surface area contributed by atoms with E-state index >= 15 is 0 Å². The molecule has 0 unspecified atom stereocenters. The Bertz CT molecular complexity index is 81.4. The van der Waals surface area contributed by atoms with Crippen LogP contribution in [0.2, 0.25) is 0 Å². The molecular weight excluding hydrogens is 110 g/mol. The van der Waals surface area contributed by atoms with Gasteiger partial charge in [-0.2, -0.15) is 0 Å². The van der Waals surface area contributed by atoms with Crippen molar-refractivity contribution in [2.24, 2.45) is 0 Å². The van der Waals surface area contributed by atoms with Crippen LogP contribution in [-0.4, -0.2) is 23.2 Å². The summed E-state index contributed by atoms with van der Waals surface area (Å²) < 4.78 is 0. The van der Waals surface area contributed by atoms with Gasteiger partial charge < -0.3 is 15.9 Å². The monoisotopic (exact) mass is 119 g/mol. The zero-order chi connectivity index (χ0) is 5.70. The SMILES string of the molecule is C=CC(=O)NCO.O.